The summed E-state index contributed by atoms with van der Waals surface area (Å²) in [5.74, 6) is 2.09. The number of aromatic nitrogens is 5. The molecule has 5 rings (SSSR count). The second-order valence-corrected chi connectivity index (χ2v) is 8.84. The van der Waals surface area contributed by atoms with Crippen molar-refractivity contribution in [2.75, 3.05) is 17.2 Å². The number of nitrogens with one attached hydrogen (secondary N) is 4. The minimum Gasteiger partial charge on any atom is -0.367 e. The van der Waals surface area contributed by atoms with Gasteiger partial charge in [-0.25, -0.2) is 0 Å². The lowest BCUT2D eigenvalue weighted by atomic mass is 9.96. The molecule has 2 fully saturated rings. The van der Waals surface area contributed by atoms with Crippen molar-refractivity contribution >= 4 is 28.6 Å². The van der Waals surface area contributed by atoms with Crippen LogP contribution in [-0.4, -0.2) is 54.7 Å². The average molecular weight is 420 g/mol. The molecule has 162 valence electrons. The van der Waals surface area contributed by atoms with Crippen molar-refractivity contribution in [3.8, 4) is 6.07 Å². The van der Waals surface area contributed by atoms with Crippen LogP contribution in [0.4, 0.5) is 17.6 Å². The van der Waals surface area contributed by atoms with Crippen LogP contribution >= 0.6 is 0 Å². The molecule has 0 amide bonds. The fraction of sp³-hybridized carbons (Fsp3) is 0.545. The Morgan fingerprint density at radius 1 is 1.19 bits per heavy atom. The Balaban J connectivity index is 1.39. The van der Waals surface area contributed by atoms with Crippen molar-refractivity contribution in [3.63, 3.8) is 0 Å². The van der Waals surface area contributed by atoms with Gasteiger partial charge in [-0.1, -0.05) is 0 Å². The smallest absolute Gasteiger partial charge is 0.232 e. The van der Waals surface area contributed by atoms with Crippen LogP contribution < -0.4 is 10.6 Å². The van der Waals surface area contributed by atoms with E-state index in [1.54, 1.807) is 0 Å². The summed E-state index contributed by atoms with van der Waals surface area (Å²) in [5.41, 5.74) is 2.92. The molecule has 2 aliphatic rings. The Morgan fingerprint density at radius 2 is 2.03 bits per heavy atom. The maximum atomic E-state index is 9.03. The van der Waals surface area contributed by atoms with Gasteiger partial charge in [0, 0.05) is 49.0 Å². The molecule has 0 aliphatic carbocycles. The summed E-state index contributed by atoms with van der Waals surface area (Å²) in [6.45, 7) is 4.93. The molecule has 1 unspecified atom stereocenters. The quantitative estimate of drug-likeness (QED) is 0.480. The molecule has 0 radical (unpaired) electrons. The van der Waals surface area contributed by atoms with Gasteiger partial charge in [-0.3, -0.25) is 10.00 Å². The monoisotopic (exact) mass is 419 g/mol. The van der Waals surface area contributed by atoms with E-state index < -0.39 is 0 Å². The molecule has 4 N–H and O–H groups in total. The number of nitrogens with zero attached hydrogens (tertiary/aromatic N) is 5. The van der Waals surface area contributed by atoms with Crippen LogP contribution in [0.25, 0.3) is 11.0 Å². The number of anilines is 3. The Hall–Kier alpha value is -3.12. The molecule has 9 nitrogen and oxygen atoms in total. The Morgan fingerprint density at radius 3 is 2.84 bits per heavy atom. The molecule has 5 heterocycles. The van der Waals surface area contributed by atoms with Crippen molar-refractivity contribution in [2.24, 2.45) is 0 Å². The van der Waals surface area contributed by atoms with E-state index in [1.807, 2.05) is 19.2 Å². The van der Waals surface area contributed by atoms with Gasteiger partial charge in [-0.15, -0.1) is 0 Å². The number of rotatable bonds is 6. The number of H-pyrrole nitrogens is 2. The number of hydrogen-bond donors (Lipinski definition) is 4. The summed E-state index contributed by atoms with van der Waals surface area (Å²) in [6, 6.07) is 5.76. The zero-order valence-corrected chi connectivity index (χ0v) is 18.1. The van der Waals surface area contributed by atoms with Crippen molar-refractivity contribution in [1.82, 2.24) is 30.0 Å². The fourth-order valence-electron chi connectivity index (χ4n) is 5.23. The van der Waals surface area contributed by atoms with Crippen LogP contribution in [-0.2, 0) is 0 Å². The number of aromatic amines is 2. The predicted molar refractivity (Wildman–Crippen MR) is 120 cm³/mol. The van der Waals surface area contributed by atoms with Crippen LogP contribution in [0.3, 0.4) is 0 Å². The first-order chi connectivity index (χ1) is 15.1. The van der Waals surface area contributed by atoms with Crippen molar-refractivity contribution in [1.29, 1.82) is 5.26 Å². The van der Waals surface area contributed by atoms with E-state index in [-0.39, 0.29) is 0 Å². The summed E-state index contributed by atoms with van der Waals surface area (Å²) < 4.78 is 0. The zero-order valence-electron chi connectivity index (χ0n) is 18.1. The Bertz CT molecular complexity index is 1110. The topological polar surface area (TPSA) is 121 Å². The number of aryl methyl sites for hydroxylation is 2. The molecule has 0 spiro atoms. The third kappa shape index (κ3) is 3.95. The normalized spacial score (nSPS) is 23.6. The molecule has 2 aliphatic heterocycles. The van der Waals surface area contributed by atoms with E-state index in [0.29, 0.717) is 36.3 Å². The minimum absolute atomic E-state index is 0.354. The third-order valence-corrected chi connectivity index (χ3v) is 6.67. The van der Waals surface area contributed by atoms with Gasteiger partial charge < -0.3 is 15.6 Å². The van der Waals surface area contributed by atoms with E-state index in [1.165, 1.54) is 12.8 Å². The maximum Gasteiger partial charge on any atom is 0.232 e. The molecule has 3 atom stereocenters. The van der Waals surface area contributed by atoms with E-state index in [9.17, 15) is 0 Å². The second-order valence-electron chi connectivity index (χ2n) is 8.84. The molecule has 2 bridgehead atoms. The summed E-state index contributed by atoms with van der Waals surface area (Å²) >= 11 is 0. The molecule has 3 aromatic rings. The van der Waals surface area contributed by atoms with Crippen molar-refractivity contribution < 1.29 is 0 Å². The summed E-state index contributed by atoms with van der Waals surface area (Å²) in [7, 11) is 0. The first kappa shape index (κ1) is 19.8. The molecular formula is C22H29N9. The lowest BCUT2D eigenvalue weighted by Crippen LogP contribution is -2.36. The highest BCUT2D eigenvalue weighted by Crippen LogP contribution is 2.36. The van der Waals surface area contributed by atoms with Crippen LogP contribution in [0.5, 0.6) is 0 Å². The zero-order chi connectivity index (χ0) is 21.4. The lowest BCUT2D eigenvalue weighted by molar-refractivity contribution is 0.198. The average Bonchev–Trinajstić information content (AvgIpc) is 3.39. The Kier molecular flexibility index (Phi) is 5.24. The van der Waals surface area contributed by atoms with Crippen molar-refractivity contribution in [2.45, 2.75) is 70.5 Å². The highest BCUT2D eigenvalue weighted by molar-refractivity contribution is 5.91. The molecule has 0 aromatic carbocycles. The molecule has 31 heavy (non-hydrogen) atoms. The molecule has 2 saturated heterocycles. The predicted octanol–water partition coefficient (Wildman–Crippen LogP) is 3.75. The van der Waals surface area contributed by atoms with E-state index in [2.05, 4.69) is 48.7 Å². The van der Waals surface area contributed by atoms with Gasteiger partial charge >= 0.3 is 0 Å². The second kappa shape index (κ2) is 8.19. The van der Waals surface area contributed by atoms with Crippen LogP contribution in [0.1, 0.15) is 49.8 Å². The molecule has 0 saturated carbocycles. The van der Waals surface area contributed by atoms with E-state index >= 15 is 0 Å². The summed E-state index contributed by atoms with van der Waals surface area (Å²) in [5, 5.41) is 24.2. The fourth-order valence-corrected chi connectivity index (χ4v) is 5.23. The van der Waals surface area contributed by atoms with Gasteiger partial charge in [0.15, 0.2) is 5.82 Å². The minimum atomic E-state index is 0.354. The van der Waals surface area contributed by atoms with Crippen LogP contribution in [0.15, 0.2) is 12.3 Å². The highest BCUT2D eigenvalue weighted by Gasteiger charge is 2.37. The number of hydrogen-bond acceptors (Lipinski definition) is 7. The van der Waals surface area contributed by atoms with Crippen LogP contribution in [0, 0.1) is 25.2 Å². The number of fused-ring (bicyclic) bond motifs is 3. The van der Waals surface area contributed by atoms with Gasteiger partial charge in [-0.2, -0.15) is 20.3 Å². The van der Waals surface area contributed by atoms with Gasteiger partial charge in [-0.05, 0) is 51.5 Å². The maximum absolute atomic E-state index is 9.03. The first-order valence-electron chi connectivity index (χ1n) is 11.1. The van der Waals surface area contributed by atoms with Crippen LogP contribution in [0.2, 0.25) is 0 Å². The van der Waals surface area contributed by atoms with Gasteiger partial charge in [0.05, 0.1) is 11.5 Å². The highest BCUT2D eigenvalue weighted by atomic mass is 15.3. The summed E-state index contributed by atoms with van der Waals surface area (Å²) in [6.07, 6.45) is 8.43. The van der Waals surface area contributed by atoms with Gasteiger partial charge in [0.25, 0.3) is 0 Å². The molecule has 9 heteroatoms. The summed E-state index contributed by atoms with van der Waals surface area (Å²) in [4.78, 5) is 15.3. The van der Waals surface area contributed by atoms with Gasteiger partial charge in [0.2, 0.25) is 5.95 Å². The lowest BCUT2D eigenvalue weighted by Gasteiger charge is -2.27. The van der Waals surface area contributed by atoms with E-state index in [0.717, 1.165) is 53.9 Å². The number of nitriles is 1. The van der Waals surface area contributed by atoms with Gasteiger partial charge in [0.1, 0.15) is 11.5 Å². The third-order valence-electron chi connectivity index (χ3n) is 6.67. The largest absolute Gasteiger partial charge is 0.367 e. The molecule has 3 aromatic heterocycles. The SMILES string of the molecule is Cc1cc(Nc2nc(N[C@@H]3CCC4CC[C@@H](C3)N4CCC#N)c3c(C)c[nH]c3n2)n[nH]1. The van der Waals surface area contributed by atoms with E-state index in [4.69, 9.17) is 10.2 Å². The molecular weight excluding hydrogens is 390 g/mol. The van der Waals surface area contributed by atoms with Crippen molar-refractivity contribution in [3.05, 3.63) is 23.5 Å². The Labute approximate surface area is 181 Å². The first-order valence-corrected chi connectivity index (χ1v) is 11.1. The standard InChI is InChI=1S/C22H29N9/c1-13-12-24-20-19(13)21(28-22(27-20)26-18-10-14(2)29-30-18)25-15-4-5-16-6-7-17(11-15)31(16)9-3-8-23/h10,12,15-17H,3-7,9,11H2,1-2H3,(H4,24,25,26,27,28,29,30)/t15-,16?,17+/m1/s1.